The Kier molecular flexibility index (Phi) is 5.15. The first-order valence-corrected chi connectivity index (χ1v) is 7.36. The predicted octanol–water partition coefficient (Wildman–Crippen LogP) is 1.48. The van der Waals surface area contributed by atoms with E-state index >= 15 is 0 Å². The summed E-state index contributed by atoms with van der Waals surface area (Å²) in [6, 6.07) is 8.93. The summed E-state index contributed by atoms with van der Waals surface area (Å²) in [6.07, 6.45) is 1.07. The maximum atomic E-state index is 11.7. The average molecular weight is 255 g/mol. The molecule has 0 bridgehead atoms. The third-order valence-corrected chi connectivity index (χ3v) is 3.55. The van der Waals surface area contributed by atoms with Crippen molar-refractivity contribution in [2.24, 2.45) is 0 Å². The molecule has 94 valence electrons. The molecule has 0 heterocycles. The van der Waals surface area contributed by atoms with Crippen molar-refractivity contribution in [3.63, 3.8) is 0 Å². The summed E-state index contributed by atoms with van der Waals surface area (Å²) in [5.74, 6) is -0.551. The molecule has 1 amide bonds. The van der Waals surface area contributed by atoms with Gasteiger partial charge in [-0.3, -0.25) is 4.79 Å². The van der Waals surface area contributed by atoms with Crippen LogP contribution < -0.4 is 5.32 Å². The number of hydrogen-bond acceptors (Lipinski definition) is 3. The molecule has 4 nitrogen and oxygen atoms in total. The molecule has 0 fully saturated rings. The number of carbonyl (C=O) groups is 1. The molecule has 0 saturated heterocycles. The van der Waals surface area contributed by atoms with E-state index in [4.69, 9.17) is 0 Å². The minimum Gasteiger partial charge on any atom is -0.342 e. The summed E-state index contributed by atoms with van der Waals surface area (Å²) in [5.41, 5.74) is 0.734. The smallest absolute Gasteiger partial charge is 0.220 e. The second-order valence-electron chi connectivity index (χ2n) is 3.87. The summed E-state index contributed by atoms with van der Waals surface area (Å²) in [4.78, 5) is 11.2. The molecule has 0 aliphatic carbocycles. The van der Waals surface area contributed by atoms with Crippen LogP contribution in [0, 0.1) is 0 Å². The number of benzene rings is 1. The van der Waals surface area contributed by atoms with Gasteiger partial charge in [0.2, 0.25) is 5.91 Å². The monoisotopic (exact) mass is 255 g/mol. The minimum atomic E-state index is -3.28. The van der Waals surface area contributed by atoms with Gasteiger partial charge in [0, 0.05) is 6.42 Å². The molecule has 0 aromatic heterocycles. The second kappa shape index (κ2) is 6.39. The first-order chi connectivity index (χ1) is 8.03. The Morgan fingerprint density at radius 1 is 1.24 bits per heavy atom. The van der Waals surface area contributed by atoms with Crippen LogP contribution in [-0.4, -0.2) is 20.2 Å². The molecule has 17 heavy (non-hydrogen) atoms. The van der Waals surface area contributed by atoms with Gasteiger partial charge >= 0.3 is 0 Å². The topological polar surface area (TPSA) is 63.2 Å². The van der Waals surface area contributed by atoms with Crippen LogP contribution in [0.25, 0.3) is 0 Å². The maximum absolute atomic E-state index is 11.7. The molecular weight excluding hydrogens is 238 g/mol. The van der Waals surface area contributed by atoms with Gasteiger partial charge in [-0.2, -0.15) is 0 Å². The predicted molar refractivity (Wildman–Crippen MR) is 67.0 cm³/mol. The highest BCUT2D eigenvalue weighted by atomic mass is 32.2. The third kappa shape index (κ3) is 5.49. The molecular formula is C12H17NO3S. The Morgan fingerprint density at radius 3 is 2.47 bits per heavy atom. The van der Waals surface area contributed by atoms with Crippen molar-refractivity contribution in [1.29, 1.82) is 0 Å². The Bertz CT molecular complexity index is 454. The van der Waals surface area contributed by atoms with Gasteiger partial charge in [0.25, 0.3) is 0 Å². The van der Waals surface area contributed by atoms with Gasteiger partial charge in [-0.1, -0.05) is 37.3 Å². The van der Waals surface area contributed by atoms with E-state index in [9.17, 15) is 13.2 Å². The zero-order valence-corrected chi connectivity index (χ0v) is 10.7. The van der Waals surface area contributed by atoms with Gasteiger partial charge in [-0.25, -0.2) is 8.42 Å². The standard InChI is InChI=1S/C12H17NO3S/c1-2-6-12(14)13-10-17(15,16)9-11-7-4-3-5-8-11/h3-5,7-8H,2,6,9-10H2,1H3,(H,13,14). The van der Waals surface area contributed by atoms with Crippen LogP contribution in [0.4, 0.5) is 0 Å². The highest BCUT2D eigenvalue weighted by Gasteiger charge is 2.12. The number of sulfone groups is 1. The lowest BCUT2D eigenvalue weighted by atomic mass is 10.2. The van der Waals surface area contributed by atoms with Crippen molar-refractivity contribution >= 4 is 15.7 Å². The SMILES string of the molecule is CCCC(=O)NCS(=O)(=O)Cc1ccccc1. The van der Waals surface area contributed by atoms with E-state index < -0.39 is 9.84 Å². The van der Waals surface area contributed by atoms with Crippen LogP contribution in [0.1, 0.15) is 25.3 Å². The van der Waals surface area contributed by atoms with Gasteiger partial charge in [0.05, 0.1) is 5.75 Å². The van der Waals surface area contributed by atoms with Gasteiger partial charge in [-0.05, 0) is 12.0 Å². The van der Waals surface area contributed by atoms with Crippen molar-refractivity contribution in [2.45, 2.75) is 25.5 Å². The largest absolute Gasteiger partial charge is 0.342 e. The van der Waals surface area contributed by atoms with E-state index in [1.165, 1.54) is 0 Å². The summed E-state index contributed by atoms with van der Waals surface area (Å²) >= 11 is 0. The fourth-order valence-electron chi connectivity index (χ4n) is 1.39. The van der Waals surface area contributed by atoms with Crippen molar-refractivity contribution in [3.05, 3.63) is 35.9 Å². The normalized spacial score (nSPS) is 11.1. The van der Waals surface area contributed by atoms with Gasteiger partial charge in [0.15, 0.2) is 9.84 Å². The van der Waals surface area contributed by atoms with Crippen LogP contribution in [0.15, 0.2) is 30.3 Å². The van der Waals surface area contributed by atoms with E-state index in [1.54, 1.807) is 24.3 Å². The number of carbonyl (C=O) groups excluding carboxylic acids is 1. The molecule has 0 atom stereocenters. The van der Waals surface area contributed by atoms with Crippen LogP contribution in [0.3, 0.4) is 0 Å². The number of amides is 1. The first kappa shape index (κ1) is 13.7. The quantitative estimate of drug-likeness (QED) is 0.837. The van der Waals surface area contributed by atoms with E-state index in [0.29, 0.717) is 12.8 Å². The Balaban J connectivity index is 2.50. The molecule has 0 aliphatic rings. The number of hydrogen-bond donors (Lipinski definition) is 1. The molecule has 1 rings (SSSR count). The number of nitrogens with one attached hydrogen (secondary N) is 1. The van der Waals surface area contributed by atoms with Crippen LogP contribution in [0.2, 0.25) is 0 Å². The molecule has 0 radical (unpaired) electrons. The van der Waals surface area contributed by atoms with Gasteiger partial charge in [0.1, 0.15) is 5.88 Å². The summed E-state index contributed by atoms with van der Waals surface area (Å²) in [6.45, 7) is 1.87. The summed E-state index contributed by atoms with van der Waals surface area (Å²) in [5, 5.41) is 2.42. The zero-order chi connectivity index (χ0) is 12.7. The average Bonchev–Trinajstić information content (AvgIpc) is 2.28. The fourth-order valence-corrected chi connectivity index (χ4v) is 2.57. The van der Waals surface area contributed by atoms with Crippen LogP contribution >= 0.6 is 0 Å². The fraction of sp³-hybridized carbons (Fsp3) is 0.417. The lowest BCUT2D eigenvalue weighted by molar-refractivity contribution is -0.120. The van der Waals surface area contributed by atoms with Crippen LogP contribution in [-0.2, 0) is 20.4 Å². The zero-order valence-electron chi connectivity index (χ0n) is 9.85. The number of rotatable bonds is 6. The van der Waals surface area contributed by atoms with Crippen molar-refractivity contribution in [2.75, 3.05) is 5.88 Å². The van der Waals surface area contributed by atoms with Crippen molar-refractivity contribution < 1.29 is 13.2 Å². The molecule has 1 N–H and O–H groups in total. The van der Waals surface area contributed by atoms with Gasteiger partial charge < -0.3 is 5.32 Å². The Labute approximate surface area is 102 Å². The molecule has 0 saturated carbocycles. The molecule has 1 aromatic rings. The lowest BCUT2D eigenvalue weighted by Crippen LogP contribution is -2.29. The third-order valence-electron chi connectivity index (χ3n) is 2.20. The molecule has 0 aliphatic heterocycles. The minimum absolute atomic E-state index is 0.0414. The van der Waals surface area contributed by atoms with E-state index in [0.717, 1.165) is 5.56 Å². The molecule has 5 heteroatoms. The molecule has 0 unspecified atom stereocenters. The first-order valence-electron chi connectivity index (χ1n) is 5.54. The lowest BCUT2D eigenvalue weighted by Gasteiger charge is -2.06. The molecule has 1 aromatic carbocycles. The van der Waals surface area contributed by atoms with E-state index in [2.05, 4.69) is 5.32 Å². The summed E-state index contributed by atoms with van der Waals surface area (Å²) in [7, 11) is -3.28. The van der Waals surface area contributed by atoms with Gasteiger partial charge in [-0.15, -0.1) is 0 Å². The highest BCUT2D eigenvalue weighted by molar-refractivity contribution is 7.90. The molecule has 0 spiro atoms. The van der Waals surface area contributed by atoms with E-state index in [1.807, 2.05) is 13.0 Å². The Morgan fingerprint density at radius 2 is 1.88 bits per heavy atom. The van der Waals surface area contributed by atoms with Crippen molar-refractivity contribution in [3.8, 4) is 0 Å². The second-order valence-corrected chi connectivity index (χ2v) is 5.93. The van der Waals surface area contributed by atoms with Crippen molar-refractivity contribution in [1.82, 2.24) is 5.32 Å². The maximum Gasteiger partial charge on any atom is 0.220 e. The van der Waals surface area contributed by atoms with E-state index in [-0.39, 0.29) is 17.5 Å². The highest BCUT2D eigenvalue weighted by Crippen LogP contribution is 2.05. The Hall–Kier alpha value is -1.36. The van der Waals surface area contributed by atoms with Crippen LogP contribution in [0.5, 0.6) is 0 Å². The summed E-state index contributed by atoms with van der Waals surface area (Å²) < 4.78 is 23.4.